The van der Waals surface area contributed by atoms with Gasteiger partial charge < -0.3 is 19.8 Å². The third kappa shape index (κ3) is 51.5. The lowest BCUT2D eigenvalue weighted by Gasteiger charge is -2.25. The van der Waals surface area contributed by atoms with Crippen molar-refractivity contribution in [1.82, 2.24) is 5.32 Å². The smallest absolute Gasteiger partial charge is 0.387 e. The molecule has 0 saturated carbocycles. The zero-order valence-corrected chi connectivity index (χ0v) is 45.1. The van der Waals surface area contributed by atoms with Crippen molar-refractivity contribution in [1.29, 1.82) is 0 Å². The van der Waals surface area contributed by atoms with Gasteiger partial charge in [-0.15, -0.1) is 0 Å². The highest BCUT2D eigenvalue weighted by Gasteiger charge is 2.27. The number of hydrogen-bond acceptors (Lipinski definition) is 5. The number of aliphatic hydroxyl groups is 1. The Balaban J connectivity index is 4.23. The maximum atomic E-state index is 12.9. The Labute approximate surface area is 427 Å². The molecule has 0 aromatic rings. The second-order valence-corrected chi connectivity index (χ2v) is 19.3. The van der Waals surface area contributed by atoms with E-state index in [0.29, 0.717) is 17.4 Å². The van der Waals surface area contributed by atoms with E-state index < -0.39 is 20.0 Å². The highest BCUT2D eigenvalue weighted by atomic mass is 31.2. The first-order chi connectivity index (χ1) is 34.0. The van der Waals surface area contributed by atoms with E-state index in [-0.39, 0.29) is 25.5 Å². The van der Waals surface area contributed by atoms with Crippen LogP contribution in [0.25, 0.3) is 0 Å². The quantitative estimate of drug-likeness (QED) is 0.0243. The number of carbonyl (C=O) groups is 1. The number of rotatable bonds is 44. The van der Waals surface area contributed by atoms with Gasteiger partial charge in [-0.25, -0.2) is 4.57 Å². The molecule has 0 aromatic carbocycles. The molecule has 0 aliphatic carbocycles. The molecule has 0 aliphatic rings. The number of unbranched alkanes of at least 4 members (excludes halogenated alkanes) is 4. The minimum atomic E-state index is -4.37. The predicted molar refractivity (Wildman–Crippen MR) is 303 cm³/mol. The maximum Gasteiger partial charge on any atom is 0.472 e. The van der Waals surface area contributed by atoms with Gasteiger partial charge in [0.1, 0.15) is 13.2 Å². The van der Waals surface area contributed by atoms with Gasteiger partial charge in [-0.05, 0) is 129 Å². The number of phosphoric ester groups is 1. The molecule has 0 aromatic heterocycles. The Morgan fingerprint density at radius 1 is 0.514 bits per heavy atom. The number of allylic oxidation sites excluding steroid dienone is 29. The summed E-state index contributed by atoms with van der Waals surface area (Å²) in [5.41, 5.74) is 0. The molecule has 0 rings (SSSR count). The summed E-state index contributed by atoms with van der Waals surface area (Å²) in [4.78, 5) is 23.1. The molecule has 3 unspecified atom stereocenters. The number of carbonyl (C=O) groups excluding carboxylic acids is 1. The number of nitrogens with zero attached hydrogens (tertiary/aromatic N) is 1. The second kappa shape index (κ2) is 49.6. The van der Waals surface area contributed by atoms with E-state index in [4.69, 9.17) is 9.05 Å². The van der Waals surface area contributed by atoms with Crippen LogP contribution in [0.5, 0.6) is 0 Å². The van der Waals surface area contributed by atoms with Crippen LogP contribution in [0.1, 0.15) is 142 Å². The van der Waals surface area contributed by atoms with Crippen molar-refractivity contribution in [2.24, 2.45) is 0 Å². The number of phosphoric acid groups is 1. The molecule has 0 aliphatic heterocycles. The predicted octanol–water partition coefficient (Wildman–Crippen LogP) is 15.9. The van der Waals surface area contributed by atoms with E-state index in [9.17, 15) is 19.4 Å². The molecule has 0 radical (unpaired) electrons. The average Bonchev–Trinajstić information content (AvgIpc) is 3.32. The lowest BCUT2D eigenvalue weighted by molar-refractivity contribution is -0.870. The van der Waals surface area contributed by atoms with Gasteiger partial charge in [0, 0.05) is 6.42 Å². The van der Waals surface area contributed by atoms with Crippen LogP contribution >= 0.6 is 7.82 Å². The van der Waals surface area contributed by atoms with Gasteiger partial charge in [-0.1, -0.05) is 189 Å². The maximum absolute atomic E-state index is 12.9. The second-order valence-electron chi connectivity index (χ2n) is 17.8. The van der Waals surface area contributed by atoms with Crippen molar-refractivity contribution in [3.63, 3.8) is 0 Å². The monoisotopic (exact) mass is 984 g/mol. The van der Waals surface area contributed by atoms with Gasteiger partial charge >= 0.3 is 7.82 Å². The van der Waals surface area contributed by atoms with Gasteiger partial charge in [-0.3, -0.25) is 13.8 Å². The molecule has 3 N–H and O–H groups in total. The van der Waals surface area contributed by atoms with E-state index in [1.54, 1.807) is 6.08 Å². The van der Waals surface area contributed by atoms with E-state index in [1.807, 2.05) is 40.2 Å². The van der Waals surface area contributed by atoms with Crippen molar-refractivity contribution >= 4 is 13.7 Å². The minimum Gasteiger partial charge on any atom is -0.387 e. The van der Waals surface area contributed by atoms with Gasteiger partial charge in [0.2, 0.25) is 5.91 Å². The van der Waals surface area contributed by atoms with Crippen LogP contribution in [-0.2, 0) is 18.4 Å². The zero-order valence-electron chi connectivity index (χ0n) is 44.2. The van der Waals surface area contributed by atoms with E-state index in [0.717, 1.165) is 116 Å². The fourth-order valence-corrected chi connectivity index (χ4v) is 6.85. The van der Waals surface area contributed by atoms with Crippen LogP contribution in [0.3, 0.4) is 0 Å². The van der Waals surface area contributed by atoms with E-state index in [1.165, 1.54) is 0 Å². The SMILES string of the molecule is C/C=C/CC/C=C/CC/C=C/C(O)C(COP(=O)(O)OCC[N+](C)(C)C)NC(=O)CCCC/C=C\C/C=C\C/C=C\C/C=C\C/C=C\C/C=C\C/C=C\C/C=C\C/C=C\C/C=C\C/C=C\C/C=C\CC. The fourth-order valence-electron chi connectivity index (χ4n) is 6.12. The Kier molecular flexibility index (Phi) is 46.5. The van der Waals surface area contributed by atoms with Gasteiger partial charge in [0.05, 0.1) is 39.9 Å². The van der Waals surface area contributed by atoms with Gasteiger partial charge in [0.15, 0.2) is 0 Å². The highest BCUT2D eigenvalue weighted by Crippen LogP contribution is 2.43. The summed E-state index contributed by atoms with van der Waals surface area (Å²) in [7, 11) is 1.48. The van der Waals surface area contributed by atoms with Gasteiger partial charge in [-0.2, -0.15) is 0 Å². The largest absolute Gasteiger partial charge is 0.472 e. The molecule has 0 spiro atoms. The first kappa shape index (κ1) is 65.6. The minimum absolute atomic E-state index is 0.0336. The third-order valence-corrected chi connectivity index (χ3v) is 11.2. The molecule has 390 valence electrons. The van der Waals surface area contributed by atoms with Crippen molar-refractivity contribution in [3.05, 3.63) is 182 Å². The summed E-state index contributed by atoms with van der Waals surface area (Å²) < 4.78 is 23.4. The molecule has 3 atom stereocenters. The summed E-state index contributed by atoms with van der Waals surface area (Å²) in [6.07, 6.45) is 81.7. The molecule has 70 heavy (non-hydrogen) atoms. The molecule has 0 bridgehead atoms. The molecular formula is C61H96N2O6P+. The summed E-state index contributed by atoms with van der Waals surface area (Å²) in [6.45, 7) is 4.35. The number of amides is 1. The summed E-state index contributed by atoms with van der Waals surface area (Å²) in [5.74, 6) is -0.247. The van der Waals surface area contributed by atoms with Crippen LogP contribution < -0.4 is 5.32 Å². The van der Waals surface area contributed by atoms with Gasteiger partial charge in [0.25, 0.3) is 0 Å². The molecule has 9 heteroatoms. The zero-order chi connectivity index (χ0) is 51.3. The Morgan fingerprint density at radius 2 is 0.871 bits per heavy atom. The van der Waals surface area contributed by atoms with Crippen LogP contribution in [0, 0.1) is 0 Å². The van der Waals surface area contributed by atoms with Crippen LogP contribution in [0.2, 0.25) is 0 Å². The lowest BCUT2D eigenvalue weighted by atomic mass is 10.1. The number of nitrogens with one attached hydrogen (secondary N) is 1. The Bertz CT molecular complexity index is 1780. The third-order valence-electron chi connectivity index (χ3n) is 10.2. The number of likely N-dealkylation sites (N-methyl/N-ethyl adjacent to an activating group) is 1. The van der Waals surface area contributed by atoms with Crippen molar-refractivity contribution in [2.45, 2.75) is 154 Å². The van der Waals surface area contributed by atoms with Crippen molar-refractivity contribution < 1.29 is 32.9 Å². The summed E-state index contributed by atoms with van der Waals surface area (Å²) in [6, 6.07) is -0.905. The fraction of sp³-hybridized carbons (Fsp3) is 0.492. The number of hydrogen-bond donors (Lipinski definition) is 3. The standard InChI is InChI=1S/C61H95N2O6P/c1-6-8-10-12-14-16-17-18-19-20-21-22-23-24-25-26-27-28-29-30-31-32-33-34-35-36-37-38-39-40-41-42-43-44-45-47-49-51-53-55-61(65)62-59(58-69-70(66,67)68-57-56-63(3,4)5)60(64)54-52-50-48-46-15-13-11-9-7-2/h7-10,14-16,18-19,21-22,24-25,27-28,30-31,33-34,36-37,39-40,42-43,45-47,52,54,59-60,64H,6,11-13,17,20,23,26,29,32,35,38,41,44,48-51,53,55-58H2,1-5H3,(H-,62,65,66,67)/p+1/b9-7+,10-8-,16-14-,19-18-,22-21-,25-24-,28-27-,31-30-,34-33-,37-36-,40-39-,43-42-,46-15+,47-45-,54-52+. The summed E-state index contributed by atoms with van der Waals surface area (Å²) >= 11 is 0. The lowest BCUT2D eigenvalue weighted by Crippen LogP contribution is -2.45. The van der Waals surface area contributed by atoms with Crippen molar-refractivity contribution in [3.8, 4) is 0 Å². The first-order valence-corrected chi connectivity index (χ1v) is 27.6. The molecule has 0 heterocycles. The average molecular weight is 984 g/mol. The van der Waals surface area contributed by atoms with E-state index >= 15 is 0 Å². The molecule has 0 fully saturated rings. The number of aliphatic hydroxyl groups excluding tert-OH is 1. The van der Waals surface area contributed by atoms with Crippen molar-refractivity contribution in [2.75, 3.05) is 40.9 Å². The van der Waals surface area contributed by atoms with E-state index in [2.05, 4.69) is 176 Å². The molecular weight excluding hydrogens is 888 g/mol. The Hall–Kier alpha value is -4.40. The molecule has 8 nitrogen and oxygen atoms in total. The van der Waals surface area contributed by atoms with Crippen LogP contribution in [0.4, 0.5) is 0 Å². The molecule has 0 saturated heterocycles. The van der Waals surface area contributed by atoms with Crippen LogP contribution in [0.15, 0.2) is 182 Å². The topological polar surface area (TPSA) is 105 Å². The van der Waals surface area contributed by atoms with Crippen LogP contribution in [-0.4, -0.2) is 73.4 Å². The first-order valence-electron chi connectivity index (χ1n) is 26.1. The Morgan fingerprint density at radius 3 is 1.26 bits per heavy atom. The highest BCUT2D eigenvalue weighted by molar-refractivity contribution is 7.47. The normalized spacial score (nSPS) is 15.5. The summed E-state index contributed by atoms with van der Waals surface area (Å²) in [5, 5.41) is 13.7. The number of quaternary nitrogens is 1. The molecule has 1 amide bonds.